The Morgan fingerprint density at radius 1 is 0.500 bits per heavy atom. The molecule has 3 heterocycles. The van der Waals surface area contributed by atoms with Crippen LogP contribution in [0.1, 0.15) is 166 Å². The lowest BCUT2D eigenvalue weighted by Gasteiger charge is -2.44. The molecule has 1 atom stereocenters. The molecule has 1 aromatic carbocycles. The summed E-state index contributed by atoms with van der Waals surface area (Å²) in [5.74, 6) is 0. The summed E-state index contributed by atoms with van der Waals surface area (Å²) in [4.78, 5) is 15.4. The molecule has 0 bridgehead atoms. The molecule has 0 radical (unpaired) electrons. The monoisotopic (exact) mass is 667 g/mol. The Bertz CT molecular complexity index is 1970. The number of aromatic nitrogens is 3. The van der Waals surface area contributed by atoms with Crippen molar-refractivity contribution < 1.29 is 0 Å². The van der Waals surface area contributed by atoms with Gasteiger partial charge in [0, 0.05) is 34.9 Å². The lowest BCUT2D eigenvalue weighted by Crippen LogP contribution is -2.36. The summed E-state index contributed by atoms with van der Waals surface area (Å²) in [6, 6.07) is 16.5. The van der Waals surface area contributed by atoms with Gasteiger partial charge in [0.15, 0.2) is 0 Å². The molecule has 3 aliphatic rings. The number of pyridine rings is 3. The van der Waals surface area contributed by atoms with E-state index >= 15 is 0 Å². The Kier molecular flexibility index (Phi) is 8.13. The quantitative estimate of drug-likeness (QED) is 0.213. The summed E-state index contributed by atoms with van der Waals surface area (Å²) >= 11 is 0. The van der Waals surface area contributed by atoms with Crippen LogP contribution in [-0.2, 0) is 38.9 Å². The minimum Gasteiger partial charge on any atom is -0.257 e. The zero-order valence-corrected chi connectivity index (χ0v) is 33.2. The van der Waals surface area contributed by atoms with Crippen LogP contribution in [0.15, 0.2) is 54.9 Å². The maximum atomic E-state index is 5.20. The standard InChI is InChI=1S/C47H61N3/c1-30-33(41-27-36-38(28-49-41)46(10,11)22-21-44(36,6)7)15-14-32(50-30)17-18-47(12)24-23-45(8,9)37-26-40(48-29-39(37)47)31-13-16-34-35(25-31)43(4,5)20-19-42(34,2)3/h13-16,25-29H,17-24H2,1-12H3. The van der Waals surface area contributed by atoms with Gasteiger partial charge in [0.25, 0.3) is 0 Å². The van der Waals surface area contributed by atoms with E-state index in [9.17, 15) is 0 Å². The van der Waals surface area contributed by atoms with Crippen molar-refractivity contribution in [2.45, 2.75) is 167 Å². The first-order valence-corrected chi connectivity index (χ1v) is 19.4. The molecule has 0 N–H and O–H groups in total. The van der Waals surface area contributed by atoms with E-state index in [2.05, 4.69) is 138 Å². The number of benzene rings is 1. The molecule has 3 heteroatoms. The van der Waals surface area contributed by atoms with Crippen LogP contribution in [0.4, 0.5) is 0 Å². The molecule has 0 fully saturated rings. The fourth-order valence-corrected chi connectivity index (χ4v) is 9.54. The van der Waals surface area contributed by atoms with Gasteiger partial charge in [0.2, 0.25) is 0 Å². The van der Waals surface area contributed by atoms with E-state index in [0.29, 0.717) is 0 Å². The lowest BCUT2D eigenvalue weighted by atomic mass is 9.61. The third-order valence-corrected chi connectivity index (χ3v) is 13.8. The summed E-state index contributed by atoms with van der Waals surface area (Å²) in [7, 11) is 0. The topological polar surface area (TPSA) is 38.7 Å². The summed E-state index contributed by atoms with van der Waals surface area (Å²) in [5.41, 5.74) is 16.5. The van der Waals surface area contributed by atoms with Crippen molar-refractivity contribution in [3.63, 3.8) is 0 Å². The van der Waals surface area contributed by atoms with Crippen molar-refractivity contribution in [1.29, 1.82) is 0 Å². The van der Waals surface area contributed by atoms with Crippen molar-refractivity contribution >= 4 is 0 Å². The van der Waals surface area contributed by atoms with Crippen LogP contribution in [-0.4, -0.2) is 15.0 Å². The molecule has 7 rings (SSSR count). The van der Waals surface area contributed by atoms with Crippen molar-refractivity contribution in [3.05, 3.63) is 99.6 Å². The predicted molar refractivity (Wildman–Crippen MR) is 210 cm³/mol. The highest BCUT2D eigenvalue weighted by Gasteiger charge is 2.41. The normalized spacial score (nSPS) is 23.8. The van der Waals surface area contributed by atoms with Crippen molar-refractivity contribution in [1.82, 2.24) is 15.0 Å². The molecule has 0 saturated carbocycles. The van der Waals surface area contributed by atoms with Gasteiger partial charge < -0.3 is 0 Å². The largest absolute Gasteiger partial charge is 0.257 e. The maximum Gasteiger partial charge on any atom is 0.0723 e. The Morgan fingerprint density at radius 2 is 1.00 bits per heavy atom. The van der Waals surface area contributed by atoms with E-state index in [0.717, 1.165) is 35.5 Å². The molecule has 3 aromatic heterocycles. The van der Waals surface area contributed by atoms with E-state index in [1.807, 2.05) is 0 Å². The third kappa shape index (κ3) is 5.95. The fourth-order valence-electron chi connectivity index (χ4n) is 9.54. The Labute approximate surface area is 303 Å². The van der Waals surface area contributed by atoms with Crippen LogP contribution in [0.2, 0.25) is 0 Å². The molecule has 0 aliphatic heterocycles. The SMILES string of the molecule is Cc1nc(CCC2(C)CCC(C)(C)c3cc(-c4ccc5c(c4)C(C)(C)CCC5(C)C)ncc32)ccc1-c1cc2c(cn1)C(C)(C)CCC2(C)C. The van der Waals surface area contributed by atoms with E-state index in [-0.39, 0.29) is 32.5 Å². The van der Waals surface area contributed by atoms with Gasteiger partial charge in [-0.2, -0.15) is 0 Å². The van der Waals surface area contributed by atoms with Crippen LogP contribution >= 0.6 is 0 Å². The molecule has 0 spiro atoms. The molecule has 0 amide bonds. The van der Waals surface area contributed by atoms with Crippen molar-refractivity contribution in [2.24, 2.45) is 0 Å². The van der Waals surface area contributed by atoms with Gasteiger partial charge in [-0.1, -0.05) is 88.3 Å². The van der Waals surface area contributed by atoms with Crippen LogP contribution < -0.4 is 0 Å². The fraction of sp³-hybridized carbons (Fsp3) is 0.553. The maximum absolute atomic E-state index is 5.20. The molecular weight excluding hydrogens is 607 g/mol. The van der Waals surface area contributed by atoms with Gasteiger partial charge in [0.05, 0.1) is 11.4 Å². The predicted octanol–water partition coefficient (Wildman–Crippen LogP) is 12.2. The summed E-state index contributed by atoms with van der Waals surface area (Å²) in [6.07, 6.45) is 13.6. The minimum absolute atomic E-state index is 0.0605. The van der Waals surface area contributed by atoms with Crippen LogP contribution in [0.3, 0.4) is 0 Å². The van der Waals surface area contributed by atoms with Gasteiger partial charge in [-0.05, 0) is 154 Å². The smallest absolute Gasteiger partial charge is 0.0723 e. The third-order valence-electron chi connectivity index (χ3n) is 13.8. The summed E-state index contributed by atoms with van der Waals surface area (Å²) < 4.78 is 0. The number of hydrogen-bond acceptors (Lipinski definition) is 3. The molecular formula is C47H61N3. The molecule has 50 heavy (non-hydrogen) atoms. The molecule has 264 valence electrons. The second-order valence-corrected chi connectivity index (χ2v) is 19.9. The van der Waals surface area contributed by atoms with E-state index < -0.39 is 0 Å². The van der Waals surface area contributed by atoms with Crippen molar-refractivity contribution in [2.75, 3.05) is 0 Å². The molecule has 3 nitrogen and oxygen atoms in total. The average Bonchev–Trinajstić information content (AvgIpc) is 3.06. The highest BCUT2D eigenvalue weighted by Crippen LogP contribution is 2.50. The zero-order chi connectivity index (χ0) is 36.1. The second kappa shape index (κ2) is 11.6. The van der Waals surface area contributed by atoms with Crippen LogP contribution in [0.5, 0.6) is 0 Å². The first kappa shape index (κ1) is 35.1. The van der Waals surface area contributed by atoms with E-state index in [1.54, 1.807) is 0 Å². The number of aryl methyl sites for hydroxylation is 2. The number of hydrogen-bond donors (Lipinski definition) is 0. The molecule has 1 unspecified atom stereocenters. The Hall–Kier alpha value is -3.33. The van der Waals surface area contributed by atoms with Gasteiger partial charge >= 0.3 is 0 Å². The van der Waals surface area contributed by atoms with E-state index in [1.165, 1.54) is 83.2 Å². The first-order chi connectivity index (χ1) is 23.2. The first-order valence-electron chi connectivity index (χ1n) is 19.4. The van der Waals surface area contributed by atoms with Gasteiger partial charge in [-0.3, -0.25) is 15.0 Å². The lowest BCUT2D eigenvalue weighted by molar-refractivity contribution is 0.295. The summed E-state index contributed by atoms with van der Waals surface area (Å²) in [5, 5.41) is 0. The Balaban J connectivity index is 1.15. The van der Waals surface area contributed by atoms with Crippen LogP contribution in [0, 0.1) is 6.92 Å². The number of fused-ring (bicyclic) bond motifs is 3. The highest BCUT2D eigenvalue weighted by molar-refractivity contribution is 5.66. The van der Waals surface area contributed by atoms with Gasteiger partial charge in [-0.25, -0.2) is 0 Å². The molecule has 0 saturated heterocycles. The van der Waals surface area contributed by atoms with E-state index in [4.69, 9.17) is 15.0 Å². The Morgan fingerprint density at radius 3 is 1.64 bits per heavy atom. The second-order valence-electron chi connectivity index (χ2n) is 19.9. The van der Waals surface area contributed by atoms with Gasteiger partial charge in [-0.15, -0.1) is 0 Å². The van der Waals surface area contributed by atoms with Gasteiger partial charge in [0.1, 0.15) is 0 Å². The number of rotatable bonds is 5. The average molecular weight is 668 g/mol. The van der Waals surface area contributed by atoms with Crippen molar-refractivity contribution in [3.8, 4) is 22.5 Å². The summed E-state index contributed by atoms with van der Waals surface area (Å²) in [6.45, 7) is 28.6. The molecule has 3 aliphatic carbocycles. The highest BCUT2D eigenvalue weighted by atomic mass is 14.7. The van der Waals surface area contributed by atoms with Crippen LogP contribution in [0.25, 0.3) is 22.5 Å². The minimum atomic E-state index is 0.0605. The molecule has 4 aromatic rings. The zero-order valence-electron chi connectivity index (χ0n) is 33.2. The number of nitrogens with zero attached hydrogens (tertiary/aromatic N) is 3.